The summed E-state index contributed by atoms with van der Waals surface area (Å²) in [4.78, 5) is 23.6. The minimum atomic E-state index is -0.838. The van der Waals surface area contributed by atoms with Crippen molar-refractivity contribution in [2.75, 3.05) is 7.11 Å². The van der Waals surface area contributed by atoms with E-state index in [1.165, 1.54) is 0 Å². The van der Waals surface area contributed by atoms with Gasteiger partial charge in [-0.25, -0.2) is 4.79 Å². The lowest BCUT2D eigenvalue weighted by atomic mass is 10.3. The maximum absolute atomic E-state index is 12.0. The number of rotatable bonds is 4. The molecule has 3 aromatic rings. The summed E-state index contributed by atoms with van der Waals surface area (Å²) in [6, 6.07) is 16.7. The molecule has 0 fully saturated rings. The number of carbonyl (C=O) groups excluding carboxylic acids is 1. The van der Waals surface area contributed by atoms with Gasteiger partial charge in [-0.1, -0.05) is 18.2 Å². The molecule has 7 nitrogen and oxygen atoms in total. The molecule has 0 unspecified atom stereocenters. The minimum absolute atomic E-state index is 0.341. The van der Waals surface area contributed by atoms with E-state index in [0.717, 1.165) is 17.9 Å². The molecule has 0 saturated carbocycles. The third-order valence-electron chi connectivity index (χ3n) is 3.35. The van der Waals surface area contributed by atoms with Crippen molar-refractivity contribution in [1.29, 1.82) is 0 Å². The Hall–Kier alpha value is -3.61. The molecule has 0 aliphatic rings. The van der Waals surface area contributed by atoms with E-state index in [9.17, 15) is 14.7 Å². The van der Waals surface area contributed by atoms with Gasteiger partial charge in [0.1, 0.15) is 11.5 Å². The van der Waals surface area contributed by atoms with Crippen LogP contribution in [0.1, 0.15) is 10.5 Å². The Balaban J connectivity index is 1.92. The third kappa shape index (κ3) is 3.50. The first-order valence-electron chi connectivity index (χ1n) is 7.33. The second-order valence-electron chi connectivity index (χ2n) is 5.03. The van der Waals surface area contributed by atoms with Gasteiger partial charge in [0.2, 0.25) is 5.69 Å². The Morgan fingerprint density at radius 2 is 1.68 bits per heavy atom. The first-order chi connectivity index (χ1) is 12.1. The monoisotopic (exact) mass is 338 g/mol. The van der Waals surface area contributed by atoms with Gasteiger partial charge in [0.05, 0.1) is 12.8 Å². The fourth-order valence-corrected chi connectivity index (χ4v) is 2.15. The van der Waals surface area contributed by atoms with Gasteiger partial charge < -0.3 is 14.6 Å². The highest BCUT2D eigenvalue weighted by atomic mass is 16.5. The molecule has 7 heteroatoms. The van der Waals surface area contributed by atoms with Crippen molar-refractivity contribution in [3.63, 3.8) is 0 Å². The lowest BCUT2D eigenvalue weighted by molar-refractivity contribution is 0.0588. The number of ether oxygens (including phenoxy) is 2. The van der Waals surface area contributed by atoms with Crippen LogP contribution in [-0.2, 0) is 4.74 Å². The first-order valence-corrected chi connectivity index (χ1v) is 7.33. The van der Waals surface area contributed by atoms with E-state index in [2.05, 4.69) is 9.84 Å². The second kappa shape index (κ2) is 6.88. The molecule has 3 rings (SSSR count). The highest BCUT2D eigenvalue weighted by Crippen LogP contribution is 2.22. The maximum Gasteiger partial charge on any atom is 0.362 e. The molecule has 0 amide bonds. The molecule has 0 radical (unpaired) electrons. The molecule has 126 valence electrons. The molecule has 0 aliphatic carbocycles. The molecule has 0 saturated heterocycles. The van der Waals surface area contributed by atoms with Crippen LogP contribution in [0.15, 0.2) is 65.5 Å². The van der Waals surface area contributed by atoms with Gasteiger partial charge in [-0.2, -0.15) is 9.78 Å². The van der Waals surface area contributed by atoms with Crippen LogP contribution in [0.2, 0.25) is 0 Å². The molecular formula is C18H14N2O5. The van der Waals surface area contributed by atoms with Gasteiger partial charge in [0, 0.05) is 6.07 Å². The average molecular weight is 338 g/mol. The Labute approximate surface area is 142 Å². The van der Waals surface area contributed by atoms with Crippen LogP contribution in [0.3, 0.4) is 0 Å². The van der Waals surface area contributed by atoms with Crippen molar-refractivity contribution in [2.24, 2.45) is 0 Å². The van der Waals surface area contributed by atoms with E-state index in [0.29, 0.717) is 17.2 Å². The number of esters is 1. The first kappa shape index (κ1) is 16.3. The van der Waals surface area contributed by atoms with Gasteiger partial charge in [-0.3, -0.25) is 4.79 Å². The zero-order chi connectivity index (χ0) is 17.8. The molecule has 1 aromatic heterocycles. The number of methoxy groups -OCH3 is 1. The molecule has 1 N–H and O–H groups in total. The van der Waals surface area contributed by atoms with Crippen molar-refractivity contribution in [1.82, 2.24) is 9.78 Å². The number of hydrogen-bond donors (Lipinski definition) is 1. The zero-order valence-electron chi connectivity index (χ0n) is 13.2. The molecule has 0 bridgehead atoms. The molecule has 25 heavy (non-hydrogen) atoms. The molecule has 0 spiro atoms. The summed E-state index contributed by atoms with van der Waals surface area (Å²) >= 11 is 0. The van der Waals surface area contributed by atoms with Crippen molar-refractivity contribution in [2.45, 2.75) is 0 Å². The normalized spacial score (nSPS) is 10.3. The van der Waals surface area contributed by atoms with E-state index in [1.54, 1.807) is 24.3 Å². The molecule has 1 heterocycles. The van der Waals surface area contributed by atoms with Crippen LogP contribution in [0.25, 0.3) is 5.69 Å². The molecular weight excluding hydrogens is 324 g/mol. The lowest BCUT2D eigenvalue weighted by Crippen LogP contribution is -2.23. The number of nitrogens with zero attached hydrogens (tertiary/aromatic N) is 2. The Bertz CT molecular complexity index is 949. The van der Waals surface area contributed by atoms with Crippen LogP contribution < -0.4 is 10.3 Å². The summed E-state index contributed by atoms with van der Waals surface area (Å²) in [5.74, 6) is -0.106. The number of carbonyl (C=O) groups is 1. The zero-order valence-corrected chi connectivity index (χ0v) is 13.2. The van der Waals surface area contributed by atoms with E-state index in [1.807, 2.05) is 30.3 Å². The summed E-state index contributed by atoms with van der Waals surface area (Å²) < 4.78 is 11.2. The Morgan fingerprint density at radius 1 is 1.04 bits per heavy atom. The summed E-state index contributed by atoms with van der Waals surface area (Å²) in [5, 5.41) is 13.5. The van der Waals surface area contributed by atoms with Crippen molar-refractivity contribution in [3.8, 4) is 22.9 Å². The molecule has 0 atom stereocenters. The van der Waals surface area contributed by atoms with Crippen molar-refractivity contribution >= 4 is 5.97 Å². The van der Waals surface area contributed by atoms with Gasteiger partial charge >= 0.3 is 5.97 Å². The topological polar surface area (TPSA) is 90.6 Å². The number of aromatic hydroxyl groups is 1. The van der Waals surface area contributed by atoms with Crippen LogP contribution in [-0.4, -0.2) is 28.0 Å². The van der Waals surface area contributed by atoms with E-state index in [4.69, 9.17) is 4.74 Å². The van der Waals surface area contributed by atoms with Gasteiger partial charge in [0.25, 0.3) is 5.56 Å². The third-order valence-corrected chi connectivity index (χ3v) is 3.35. The summed E-state index contributed by atoms with van der Waals surface area (Å²) in [6.45, 7) is 0. The number of benzene rings is 2. The largest absolute Gasteiger partial charge is 0.505 e. The highest BCUT2D eigenvalue weighted by molar-refractivity contribution is 5.89. The predicted octanol–water partition coefficient (Wildman–Crippen LogP) is 2.52. The standard InChI is InChI=1S/C18H14N2O5/c1-24-18(23)17-15(21)11-16(22)20(19-17)12-7-9-14(10-8-12)25-13-5-3-2-4-6-13/h2-11,21H,1H3. The van der Waals surface area contributed by atoms with Crippen LogP contribution in [0.4, 0.5) is 0 Å². The van der Waals surface area contributed by atoms with E-state index in [-0.39, 0.29) is 5.69 Å². The van der Waals surface area contributed by atoms with E-state index < -0.39 is 17.3 Å². The quantitative estimate of drug-likeness (QED) is 0.735. The van der Waals surface area contributed by atoms with Crippen LogP contribution in [0.5, 0.6) is 17.2 Å². The summed E-state index contributed by atoms with van der Waals surface area (Å²) in [6.07, 6.45) is 0. The minimum Gasteiger partial charge on any atom is -0.505 e. The number of para-hydroxylation sites is 1. The van der Waals surface area contributed by atoms with Crippen molar-refractivity contribution < 1.29 is 19.4 Å². The lowest BCUT2D eigenvalue weighted by Gasteiger charge is -2.09. The Morgan fingerprint density at radius 3 is 2.32 bits per heavy atom. The fourth-order valence-electron chi connectivity index (χ4n) is 2.15. The summed E-state index contributed by atoms with van der Waals surface area (Å²) in [7, 11) is 1.16. The number of aromatic nitrogens is 2. The summed E-state index contributed by atoms with van der Waals surface area (Å²) in [5.41, 5.74) is -0.510. The highest BCUT2D eigenvalue weighted by Gasteiger charge is 2.17. The molecule has 0 aliphatic heterocycles. The van der Waals surface area contributed by atoms with E-state index >= 15 is 0 Å². The Kier molecular flexibility index (Phi) is 4.47. The smallest absolute Gasteiger partial charge is 0.362 e. The SMILES string of the molecule is COC(=O)c1nn(-c2ccc(Oc3ccccc3)cc2)c(=O)cc1O. The molecule has 2 aromatic carbocycles. The van der Waals surface area contributed by atoms with Crippen LogP contribution in [0, 0.1) is 0 Å². The van der Waals surface area contributed by atoms with Crippen LogP contribution >= 0.6 is 0 Å². The van der Waals surface area contributed by atoms with Crippen molar-refractivity contribution in [3.05, 3.63) is 76.7 Å². The fraction of sp³-hybridized carbons (Fsp3) is 0.0556. The van der Waals surface area contributed by atoms with Gasteiger partial charge in [0.15, 0.2) is 5.75 Å². The maximum atomic E-state index is 12.0. The predicted molar refractivity (Wildman–Crippen MR) is 89.4 cm³/mol. The average Bonchev–Trinajstić information content (AvgIpc) is 2.63. The second-order valence-corrected chi connectivity index (χ2v) is 5.03. The van der Waals surface area contributed by atoms with Gasteiger partial charge in [-0.05, 0) is 36.4 Å². The number of hydrogen-bond acceptors (Lipinski definition) is 6. The van der Waals surface area contributed by atoms with Gasteiger partial charge in [-0.15, -0.1) is 0 Å².